The average molecular weight is 391 g/mol. The molecular formula is C22H21N3O4. The number of fused-ring (bicyclic) bond motifs is 6. The van der Waals surface area contributed by atoms with Crippen LogP contribution in [0.5, 0.6) is 0 Å². The Bertz CT molecular complexity index is 1100. The first-order valence-electron chi connectivity index (χ1n) is 9.82. The van der Waals surface area contributed by atoms with Gasteiger partial charge in [-0.1, -0.05) is 30.4 Å². The lowest BCUT2D eigenvalue weighted by Gasteiger charge is -2.13. The molecule has 148 valence electrons. The molecule has 0 radical (unpaired) electrons. The highest BCUT2D eigenvalue weighted by molar-refractivity contribution is 6.08. The van der Waals surface area contributed by atoms with Gasteiger partial charge in [0.15, 0.2) is 0 Å². The maximum Gasteiger partial charge on any atom is 0.326 e. The third kappa shape index (κ3) is 2.36. The van der Waals surface area contributed by atoms with Crippen LogP contribution >= 0.6 is 0 Å². The van der Waals surface area contributed by atoms with Gasteiger partial charge >= 0.3 is 5.97 Å². The van der Waals surface area contributed by atoms with Gasteiger partial charge in [0, 0.05) is 22.2 Å². The third-order valence-corrected chi connectivity index (χ3v) is 6.70. The molecule has 2 amide bonds. The second-order valence-electron chi connectivity index (χ2n) is 8.13. The second-order valence-corrected chi connectivity index (χ2v) is 8.13. The van der Waals surface area contributed by atoms with Crippen molar-refractivity contribution in [2.75, 3.05) is 0 Å². The van der Waals surface area contributed by atoms with Crippen LogP contribution in [-0.4, -0.2) is 38.7 Å². The summed E-state index contributed by atoms with van der Waals surface area (Å²) in [6, 6.07) is 6.72. The Labute approximate surface area is 167 Å². The Kier molecular flexibility index (Phi) is 3.78. The number of hydrogen-bond acceptors (Lipinski definition) is 4. The SMILES string of the molecule is Cc1c(C=NN2C(=O)[C@@H]3[C@H](C2=O)[C@H]2C=C[C@H]3C2)c2ccccc2n1[C@H](C)C(=O)O. The van der Waals surface area contributed by atoms with Gasteiger partial charge in [0.05, 0.1) is 18.1 Å². The minimum Gasteiger partial charge on any atom is -0.480 e. The zero-order valence-corrected chi connectivity index (χ0v) is 16.1. The molecule has 2 bridgehead atoms. The molecule has 1 aromatic carbocycles. The van der Waals surface area contributed by atoms with Crippen molar-refractivity contribution in [2.45, 2.75) is 26.3 Å². The van der Waals surface area contributed by atoms with E-state index in [1.807, 2.05) is 31.2 Å². The van der Waals surface area contributed by atoms with Gasteiger partial charge in [-0.05, 0) is 38.2 Å². The number of carbonyl (C=O) groups excluding carboxylic acids is 2. The van der Waals surface area contributed by atoms with Crippen LogP contribution in [0, 0.1) is 30.6 Å². The topological polar surface area (TPSA) is 92.0 Å². The van der Waals surface area contributed by atoms with Crippen molar-refractivity contribution in [1.82, 2.24) is 9.58 Å². The predicted octanol–water partition coefficient (Wildman–Crippen LogP) is 2.74. The molecule has 1 aliphatic heterocycles. The number of allylic oxidation sites excluding steroid dienone is 2. The Hall–Kier alpha value is -3.22. The average Bonchev–Trinajstić information content (AvgIpc) is 3.43. The molecule has 2 aliphatic carbocycles. The summed E-state index contributed by atoms with van der Waals surface area (Å²) in [7, 11) is 0. The quantitative estimate of drug-likeness (QED) is 0.493. The molecule has 0 unspecified atom stereocenters. The molecule has 7 nitrogen and oxygen atoms in total. The lowest BCUT2D eigenvalue weighted by molar-refractivity contribution is -0.141. The lowest BCUT2D eigenvalue weighted by atomic mass is 9.85. The number of rotatable bonds is 4. The molecule has 2 fully saturated rings. The first-order chi connectivity index (χ1) is 13.9. The molecule has 1 saturated heterocycles. The lowest BCUT2D eigenvalue weighted by Crippen LogP contribution is -2.28. The van der Waals surface area contributed by atoms with Gasteiger partial charge in [0.1, 0.15) is 6.04 Å². The number of aliphatic carboxylic acids is 1. The highest BCUT2D eigenvalue weighted by Gasteiger charge is 2.59. The van der Waals surface area contributed by atoms with Gasteiger partial charge in [0.2, 0.25) is 0 Å². The summed E-state index contributed by atoms with van der Waals surface area (Å²) in [5.41, 5.74) is 2.22. The van der Waals surface area contributed by atoms with E-state index in [4.69, 9.17) is 0 Å². The van der Waals surface area contributed by atoms with Crippen LogP contribution < -0.4 is 0 Å². The monoisotopic (exact) mass is 391 g/mol. The van der Waals surface area contributed by atoms with Gasteiger partial charge in [-0.3, -0.25) is 9.59 Å². The Morgan fingerprint density at radius 1 is 1.17 bits per heavy atom. The van der Waals surface area contributed by atoms with E-state index in [-0.39, 0.29) is 35.5 Å². The third-order valence-electron chi connectivity index (χ3n) is 6.70. The Balaban J connectivity index is 1.54. The predicted molar refractivity (Wildman–Crippen MR) is 106 cm³/mol. The van der Waals surface area contributed by atoms with Gasteiger partial charge < -0.3 is 9.67 Å². The van der Waals surface area contributed by atoms with E-state index in [1.54, 1.807) is 11.5 Å². The van der Waals surface area contributed by atoms with Crippen molar-refractivity contribution in [3.8, 4) is 0 Å². The van der Waals surface area contributed by atoms with E-state index < -0.39 is 12.0 Å². The van der Waals surface area contributed by atoms with E-state index in [1.165, 1.54) is 6.21 Å². The number of carboxylic acids is 1. The summed E-state index contributed by atoms with van der Waals surface area (Å²) in [5, 5.41) is 15.6. The summed E-state index contributed by atoms with van der Waals surface area (Å²) in [6.45, 7) is 3.45. The first kappa shape index (κ1) is 17.8. The number of amides is 2. The number of benzene rings is 1. The van der Waals surface area contributed by atoms with Crippen LogP contribution in [-0.2, 0) is 14.4 Å². The van der Waals surface area contributed by atoms with Crippen LogP contribution in [0.3, 0.4) is 0 Å². The summed E-state index contributed by atoms with van der Waals surface area (Å²) >= 11 is 0. The molecule has 7 heteroatoms. The highest BCUT2D eigenvalue weighted by atomic mass is 16.4. The molecule has 29 heavy (non-hydrogen) atoms. The van der Waals surface area contributed by atoms with Crippen LogP contribution in [0.15, 0.2) is 41.5 Å². The van der Waals surface area contributed by atoms with E-state index >= 15 is 0 Å². The van der Waals surface area contributed by atoms with Gasteiger partial charge in [-0.2, -0.15) is 10.1 Å². The molecule has 1 N–H and O–H groups in total. The smallest absolute Gasteiger partial charge is 0.326 e. The summed E-state index contributed by atoms with van der Waals surface area (Å²) in [6.07, 6.45) is 6.50. The molecule has 2 heterocycles. The zero-order valence-electron chi connectivity index (χ0n) is 16.1. The number of hydrazone groups is 1. The molecule has 1 saturated carbocycles. The van der Waals surface area contributed by atoms with Crippen LogP contribution in [0.25, 0.3) is 10.9 Å². The Morgan fingerprint density at radius 2 is 1.79 bits per heavy atom. The minimum atomic E-state index is -0.932. The van der Waals surface area contributed by atoms with E-state index in [9.17, 15) is 19.5 Å². The summed E-state index contributed by atoms with van der Waals surface area (Å²) in [5.74, 6) is -1.68. The number of imide groups is 1. The zero-order chi connectivity index (χ0) is 20.4. The fourth-order valence-corrected chi connectivity index (χ4v) is 5.31. The molecule has 5 rings (SSSR count). The Morgan fingerprint density at radius 3 is 2.41 bits per heavy atom. The largest absolute Gasteiger partial charge is 0.480 e. The van der Waals surface area contributed by atoms with Crippen molar-refractivity contribution in [3.05, 3.63) is 47.7 Å². The maximum atomic E-state index is 12.8. The number of carboxylic acid groups (broad SMARTS) is 1. The van der Waals surface area contributed by atoms with Gasteiger partial charge in [-0.15, -0.1) is 0 Å². The van der Waals surface area contributed by atoms with Crippen molar-refractivity contribution < 1.29 is 19.5 Å². The van der Waals surface area contributed by atoms with Crippen LogP contribution in [0.1, 0.15) is 30.6 Å². The molecule has 2 aromatic rings. The number of carbonyl (C=O) groups is 3. The van der Waals surface area contributed by atoms with Gasteiger partial charge in [-0.25, -0.2) is 4.79 Å². The number of hydrogen-bond donors (Lipinski definition) is 1. The fourth-order valence-electron chi connectivity index (χ4n) is 5.31. The van der Waals surface area contributed by atoms with Crippen LogP contribution in [0.2, 0.25) is 0 Å². The van der Waals surface area contributed by atoms with Crippen molar-refractivity contribution >= 4 is 34.9 Å². The molecule has 3 aliphatic rings. The second kappa shape index (κ2) is 6.14. The first-order valence-corrected chi connectivity index (χ1v) is 9.82. The maximum absolute atomic E-state index is 12.8. The number of para-hydroxylation sites is 1. The molecular weight excluding hydrogens is 370 g/mol. The van der Waals surface area contributed by atoms with Crippen molar-refractivity contribution in [1.29, 1.82) is 0 Å². The molecule has 5 atom stereocenters. The highest BCUT2D eigenvalue weighted by Crippen LogP contribution is 2.52. The summed E-state index contributed by atoms with van der Waals surface area (Å²) < 4.78 is 1.74. The minimum absolute atomic E-state index is 0.140. The normalized spacial score (nSPS) is 28.8. The number of aromatic nitrogens is 1. The fraction of sp³-hybridized carbons (Fsp3) is 0.364. The standard InChI is InChI=1S/C22H21N3O4/c1-11-16(15-5-3-4-6-17(15)24(11)12(2)22(28)29)10-23-25-20(26)18-13-7-8-14(9-13)19(18)21(25)27/h3-8,10,12-14,18-19H,9H2,1-2H3,(H,28,29)/t12-,13+,14+,18-,19+/m1/s1. The van der Waals surface area contributed by atoms with E-state index in [0.29, 0.717) is 5.56 Å². The van der Waals surface area contributed by atoms with Crippen molar-refractivity contribution in [3.63, 3.8) is 0 Å². The number of nitrogens with zero attached hydrogens (tertiary/aromatic N) is 3. The van der Waals surface area contributed by atoms with E-state index in [2.05, 4.69) is 17.3 Å². The van der Waals surface area contributed by atoms with Crippen molar-refractivity contribution in [2.24, 2.45) is 28.8 Å². The van der Waals surface area contributed by atoms with Gasteiger partial charge in [0.25, 0.3) is 11.8 Å². The van der Waals surface area contributed by atoms with E-state index in [0.717, 1.165) is 28.0 Å². The van der Waals surface area contributed by atoms with Crippen LogP contribution in [0.4, 0.5) is 0 Å². The summed E-state index contributed by atoms with van der Waals surface area (Å²) in [4.78, 5) is 37.2. The molecule has 0 spiro atoms. The molecule has 1 aromatic heterocycles.